The molecule has 1 saturated heterocycles. The fourth-order valence-electron chi connectivity index (χ4n) is 4.84. The lowest BCUT2D eigenvalue weighted by atomic mass is 9.67. The Bertz CT molecular complexity index is 1280. The molecule has 2 aliphatic rings. The SMILES string of the molecule is CC.Cc1ccc(OCCO)c([C@H]2NC(=O)CC[C@]23C(=O)Nc2cc(Cl)ccc23)c1.Cc1cccc(Cl)c1. The fraction of sp³-hybridized carbons (Fsp3) is 0.333. The Morgan fingerprint density at radius 3 is 2.34 bits per heavy atom. The smallest absolute Gasteiger partial charge is 0.237 e. The number of halogens is 2. The van der Waals surface area contributed by atoms with Crippen molar-refractivity contribution >= 4 is 40.7 Å². The van der Waals surface area contributed by atoms with Crippen LogP contribution in [-0.4, -0.2) is 30.1 Å². The summed E-state index contributed by atoms with van der Waals surface area (Å²) in [7, 11) is 0. The van der Waals surface area contributed by atoms with E-state index in [-0.39, 0.29) is 31.4 Å². The van der Waals surface area contributed by atoms with Crippen molar-refractivity contribution in [3.63, 3.8) is 0 Å². The Morgan fingerprint density at radius 2 is 1.68 bits per heavy atom. The Hall–Kier alpha value is -3.06. The Morgan fingerprint density at radius 1 is 0.974 bits per heavy atom. The zero-order valence-electron chi connectivity index (χ0n) is 22.1. The number of hydrogen-bond donors (Lipinski definition) is 3. The maximum absolute atomic E-state index is 13.2. The van der Waals surface area contributed by atoms with Crippen LogP contribution in [0.3, 0.4) is 0 Å². The fourth-order valence-corrected chi connectivity index (χ4v) is 5.26. The standard InChI is InChI=1S/C21H21ClN2O4.C7H7Cl.C2H6/c1-12-2-5-17(28-9-8-25)14(10-12)19-21(7-6-18(26)24-19)15-4-3-13(22)11-16(15)23-20(21)27;1-6-3-2-4-7(8)5-6;1-2/h2-5,10-11,19,25H,6-9H2,1H3,(H,23,27)(H,24,26);2-5H,1H3;1-2H3/t19-,21-;;/m1../s1. The third-order valence-electron chi connectivity index (χ3n) is 6.47. The molecule has 0 radical (unpaired) electrons. The van der Waals surface area contributed by atoms with Gasteiger partial charge in [0.05, 0.1) is 12.6 Å². The predicted octanol–water partition coefficient (Wildman–Crippen LogP) is 6.54. The van der Waals surface area contributed by atoms with Crippen molar-refractivity contribution in [3.8, 4) is 5.75 Å². The molecule has 5 rings (SSSR count). The second kappa shape index (κ2) is 13.1. The Labute approximate surface area is 234 Å². The Kier molecular flexibility index (Phi) is 10.2. The van der Waals surface area contributed by atoms with Gasteiger partial charge in [-0.2, -0.15) is 0 Å². The minimum Gasteiger partial charge on any atom is -0.491 e. The van der Waals surface area contributed by atoms with Gasteiger partial charge in [-0.25, -0.2) is 0 Å². The van der Waals surface area contributed by atoms with Crippen LogP contribution < -0.4 is 15.4 Å². The highest BCUT2D eigenvalue weighted by molar-refractivity contribution is 6.31. The molecule has 0 unspecified atom stereocenters. The molecule has 0 bridgehead atoms. The third-order valence-corrected chi connectivity index (χ3v) is 6.94. The highest BCUT2D eigenvalue weighted by atomic mass is 35.5. The summed E-state index contributed by atoms with van der Waals surface area (Å²) >= 11 is 11.8. The number of carbonyl (C=O) groups excluding carboxylic acids is 2. The van der Waals surface area contributed by atoms with Crippen LogP contribution in [0.15, 0.2) is 60.7 Å². The van der Waals surface area contributed by atoms with E-state index in [1.807, 2.05) is 76.2 Å². The van der Waals surface area contributed by atoms with Crippen molar-refractivity contribution in [2.24, 2.45) is 0 Å². The molecule has 1 fully saturated rings. The second-order valence-corrected chi connectivity index (χ2v) is 9.90. The summed E-state index contributed by atoms with van der Waals surface area (Å²) in [5, 5.41) is 16.5. The molecular weight excluding hydrogens is 523 g/mol. The lowest BCUT2D eigenvalue weighted by molar-refractivity contribution is -0.130. The summed E-state index contributed by atoms with van der Waals surface area (Å²) in [6.45, 7) is 7.96. The molecule has 3 N–H and O–H groups in total. The van der Waals surface area contributed by atoms with Crippen molar-refractivity contribution in [3.05, 3.63) is 93.0 Å². The van der Waals surface area contributed by atoms with Gasteiger partial charge >= 0.3 is 0 Å². The van der Waals surface area contributed by atoms with Gasteiger partial charge in [0.25, 0.3) is 0 Å². The molecule has 2 heterocycles. The first-order chi connectivity index (χ1) is 18.2. The van der Waals surface area contributed by atoms with Crippen LogP contribution in [0.2, 0.25) is 10.0 Å². The number of fused-ring (bicyclic) bond motifs is 2. The number of benzene rings is 3. The maximum atomic E-state index is 13.2. The molecule has 2 aliphatic heterocycles. The molecule has 3 aromatic rings. The number of anilines is 1. The van der Waals surface area contributed by atoms with Crippen molar-refractivity contribution in [2.45, 2.75) is 52.0 Å². The first kappa shape index (κ1) is 29.5. The van der Waals surface area contributed by atoms with E-state index in [2.05, 4.69) is 10.6 Å². The monoisotopic (exact) mass is 556 g/mol. The Balaban J connectivity index is 0.000000339. The first-order valence-electron chi connectivity index (χ1n) is 12.7. The van der Waals surface area contributed by atoms with E-state index in [1.54, 1.807) is 12.1 Å². The van der Waals surface area contributed by atoms with Crippen molar-refractivity contribution in [2.75, 3.05) is 18.5 Å². The van der Waals surface area contributed by atoms with Crippen molar-refractivity contribution < 1.29 is 19.4 Å². The number of amides is 2. The molecule has 202 valence electrons. The van der Waals surface area contributed by atoms with Gasteiger partial charge in [-0.3, -0.25) is 9.59 Å². The minimum atomic E-state index is -0.945. The first-order valence-corrected chi connectivity index (χ1v) is 13.5. The number of aliphatic hydroxyl groups is 1. The molecule has 0 aromatic heterocycles. The van der Waals surface area contributed by atoms with E-state index in [0.717, 1.165) is 21.7 Å². The number of rotatable bonds is 4. The zero-order valence-corrected chi connectivity index (χ0v) is 23.6. The second-order valence-electron chi connectivity index (χ2n) is 9.03. The zero-order chi connectivity index (χ0) is 27.9. The van der Waals surface area contributed by atoms with Crippen LogP contribution in [-0.2, 0) is 15.0 Å². The minimum absolute atomic E-state index is 0.111. The highest BCUT2D eigenvalue weighted by Crippen LogP contribution is 2.52. The van der Waals surface area contributed by atoms with Gasteiger partial charge in [0.1, 0.15) is 17.8 Å². The van der Waals surface area contributed by atoms with Gasteiger partial charge in [0.2, 0.25) is 11.8 Å². The molecule has 2 atom stereocenters. The number of ether oxygens (including phenoxy) is 1. The lowest BCUT2D eigenvalue weighted by Crippen LogP contribution is -2.52. The van der Waals surface area contributed by atoms with Crippen LogP contribution in [0.4, 0.5) is 5.69 Å². The molecule has 38 heavy (non-hydrogen) atoms. The molecule has 0 saturated carbocycles. The quantitative estimate of drug-likeness (QED) is 0.340. The molecule has 8 heteroatoms. The van der Waals surface area contributed by atoms with E-state index >= 15 is 0 Å². The van der Waals surface area contributed by atoms with E-state index in [9.17, 15) is 9.59 Å². The summed E-state index contributed by atoms with van der Waals surface area (Å²) < 4.78 is 5.72. The number of piperidine rings is 1. The van der Waals surface area contributed by atoms with Gasteiger partial charge < -0.3 is 20.5 Å². The molecular formula is C30H34Cl2N2O4. The van der Waals surface area contributed by atoms with E-state index in [0.29, 0.717) is 22.9 Å². The molecule has 0 aliphatic carbocycles. The molecule has 2 amide bonds. The molecule has 3 aromatic carbocycles. The van der Waals surface area contributed by atoms with E-state index in [1.165, 1.54) is 5.56 Å². The average molecular weight is 558 g/mol. The van der Waals surface area contributed by atoms with Gasteiger partial charge in [0.15, 0.2) is 0 Å². The van der Waals surface area contributed by atoms with Crippen LogP contribution in [0.25, 0.3) is 0 Å². The maximum Gasteiger partial charge on any atom is 0.237 e. The van der Waals surface area contributed by atoms with Gasteiger partial charge in [-0.05, 0) is 61.7 Å². The largest absolute Gasteiger partial charge is 0.491 e. The van der Waals surface area contributed by atoms with E-state index < -0.39 is 11.5 Å². The average Bonchev–Trinajstić information content (AvgIpc) is 3.16. The summed E-state index contributed by atoms with van der Waals surface area (Å²) in [5.74, 6) is 0.270. The summed E-state index contributed by atoms with van der Waals surface area (Å²) in [4.78, 5) is 25.6. The van der Waals surface area contributed by atoms with Crippen LogP contribution in [0, 0.1) is 13.8 Å². The molecule has 6 nitrogen and oxygen atoms in total. The van der Waals surface area contributed by atoms with E-state index in [4.69, 9.17) is 33.0 Å². The number of carbonyl (C=O) groups is 2. The van der Waals surface area contributed by atoms with Crippen molar-refractivity contribution in [1.82, 2.24) is 5.32 Å². The van der Waals surface area contributed by atoms with Crippen LogP contribution >= 0.6 is 23.2 Å². The number of aryl methyl sites for hydroxylation is 2. The highest BCUT2D eigenvalue weighted by Gasteiger charge is 2.56. The number of aliphatic hydroxyl groups excluding tert-OH is 1. The number of hydrogen-bond acceptors (Lipinski definition) is 4. The van der Waals surface area contributed by atoms with Gasteiger partial charge in [-0.1, -0.05) is 72.9 Å². The summed E-state index contributed by atoms with van der Waals surface area (Å²) in [6.07, 6.45) is 0.641. The third kappa shape index (κ3) is 6.32. The number of nitrogens with one attached hydrogen (secondary N) is 2. The van der Waals surface area contributed by atoms with Gasteiger partial charge in [-0.15, -0.1) is 0 Å². The van der Waals surface area contributed by atoms with Gasteiger partial charge in [0, 0.05) is 27.7 Å². The topological polar surface area (TPSA) is 87.7 Å². The van der Waals surface area contributed by atoms with Crippen LogP contribution in [0.5, 0.6) is 5.75 Å². The normalized spacial score (nSPS) is 19.3. The summed E-state index contributed by atoms with van der Waals surface area (Å²) in [6, 6.07) is 18.1. The van der Waals surface area contributed by atoms with Crippen molar-refractivity contribution in [1.29, 1.82) is 0 Å². The predicted molar refractivity (Wildman–Crippen MR) is 153 cm³/mol. The lowest BCUT2D eigenvalue weighted by Gasteiger charge is -2.41. The van der Waals surface area contributed by atoms with Crippen LogP contribution in [0.1, 0.15) is 55.0 Å². The summed E-state index contributed by atoms with van der Waals surface area (Å²) in [5.41, 5.74) is 3.46. The molecule has 1 spiro atoms.